The van der Waals surface area contributed by atoms with Crippen LogP contribution in [-0.2, 0) is 9.53 Å². The van der Waals surface area contributed by atoms with Crippen molar-refractivity contribution in [3.8, 4) is 5.75 Å². The Bertz CT molecular complexity index is 1010. The molecule has 0 fully saturated rings. The highest BCUT2D eigenvalue weighted by atomic mass is 16.6. The van der Waals surface area contributed by atoms with Gasteiger partial charge < -0.3 is 14.4 Å². The molecule has 0 unspecified atom stereocenters. The van der Waals surface area contributed by atoms with E-state index in [0.717, 1.165) is 17.0 Å². The van der Waals surface area contributed by atoms with Crippen molar-refractivity contribution in [2.75, 3.05) is 11.5 Å². The zero-order valence-electron chi connectivity index (χ0n) is 20.3. The van der Waals surface area contributed by atoms with Crippen LogP contribution in [-0.4, -0.2) is 18.2 Å². The summed E-state index contributed by atoms with van der Waals surface area (Å²) in [5.41, 5.74) is 2.69. The Hall–Kier alpha value is -3.27. The molecular formula is C29H35NO3. The van der Waals surface area contributed by atoms with E-state index in [9.17, 15) is 4.79 Å². The summed E-state index contributed by atoms with van der Waals surface area (Å²) in [4.78, 5) is 15.4. The molecule has 0 spiro atoms. The topological polar surface area (TPSA) is 38.8 Å². The van der Waals surface area contributed by atoms with E-state index in [1.807, 2.05) is 82.3 Å². The van der Waals surface area contributed by atoms with Gasteiger partial charge >= 0.3 is 5.97 Å². The molecule has 3 aromatic rings. The van der Waals surface area contributed by atoms with E-state index in [-0.39, 0.29) is 24.5 Å². The minimum atomic E-state index is -0.544. The smallest absolute Gasteiger partial charge is 0.308 e. The van der Waals surface area contributed by atoms with Gasteiger partial charge in [-0.15, -0.1) is 0 Å². The number of anilines is 1. The van der Waals surface area contributed by atoms with Gasteiger partial charge in [-0.05, 0) is 70.0 Å². The van der Waals surface area contributed by atoms with Crippen LogP contribution in [0.2, 0.25) is 0 Å². The van der Waals surface area contributed by atoms with Crippen LogP contribution in [0.3, 0.4) is 0 Å². The minimum absolute atomic E-state index is 0.0248. The second-order valence-electron chi connectivity index (χ2n) is 9.14. The third kappa shape index (κ3) is 6.85. The lowest BCUT2D eigenvalue weighted by molar-refractivity contribution is -0.155. The summed E-state index contributed by atoms with van der Waals surface area (Å²) in [7, 11) is 0. The second-order valence-corrected chi connectivity index (χ2v) is 9.14. The van der Waals surface area contributed by atoms with Gasteiger partial charge in [0.25, 0.3) is 0 Å². The van der Waals surface area contributed by atoms with E-state index in [1.165, 1.54) is 5.56 Å². The van der Waals surface area contributed by atoms with Crippen molar-refractivity contribution >= 4 is 11.7 Å². The SMILES string of the molecule is CCOc1cccc([C@H](CC(=O)OC(C)(C)C)N(c2ccccc2)[C@H](C)c2ccccc2)c1. The van der Waals surface area contributed by atoms with E-state index in [2.05, 4.69) is 42.2 Å². The van der Waals surface area contributed by atoms with Crippen molar-refractivity contribution in [3.05, 3.63) is 96.1 Å². The molecule has 0 N–H and O–H groups in total. The third-order valence-electron chi connectivity index (χ3n) is 5.42. The van der Waals surface area contributed by atoms with Gasteiger partial charge in [0.1, 0.15) is 11.4 Å². The van der Waals surface area contributed by atoms with Gasteiger partial charge in [-0.1, -0.05) is 60.7 Å². The summed E-state index contributed by atoms with van der Waals surface area (Å²) in [6, 6.07) is 28.4. The number of nitrogens with zero attached hydrogens (tertiary/aromatic N) is 1. The van der Waals surface area contributed by atoms with Gasteiger partial charge in [-0.25, -0.2) is 0 Å². The van der Waals surface area contributed by atoms with Crippen LogP contribution in [0.4, 0.5) is 5.69 Å². The average Bonchev–Trinajstić information content (AvgIpc) is 2.79. The van der Waals surface area contributed by atoms with Gasteiger partial charge in [-0.2, -0.15) is 0 Å². The fraction of sp³-hybridized carbons (Fsp3) is 0.345. The number of rotatable bonds is 9. The first kappa shape index (κ1) is 24.4. The largest absolute Gasteiger partial charge is 0.494 e. The maximum atomic E-state index is 13.1. The van der Waals surface area contributed by atoms with Crippen LogP contribution in [0.25, 0.3) is 0 Å². The van der Waals surface area contributed by atoms with Crippen LogP contribution in [0, 0.1) is 0 Å². The number of benzene rings is 3. The van der Waals surface area contributed by atoms with Gasteiger partial charge in [0.15, 0.2) is 0 Å². The van der Waals surface area contributed by atoms with Crippen molar-refractivity contribution < 1.29 is 14.3 Å². The zero-order valence-corrected chi connectivity index (χ0v) is 20.3. The van der Waals surface area contributed by atoms with Gasteiger partial charge in [0.05, 0.1) is 25.1 Å². The van der Waals surface area contributed by atoms with Gasteiger partial charge in [-0.3, -0.25) is 4.79 Å². The molecule has 174 valence electrons. The molecule has 33 heavy (non-hydrogen) atoms. The molecule has 0 amide bonds. The number of hydrogen-bond donors (Lipinski definition) is 0. The maximum absolute atomic E-state index is 13.1. The molecule has 0 saturated carbocycles. The Morgan fingerprint density at radius 3 is 2.09 bits per heavy atom. The summed E-state index contributed by atoms with van der Waals surface area (Å²) in [6.07, 6.45) is 0.221. The third-order valence-corrected chi connectivity index (χ3v) is 5.42. The number of esters is 1. The van der Waals surface area contributed by atoms with Crippen molar-refractivity contribution in [3.63, 3.8) is 0 Å². The van der Waals surface area contributed by atoms with Crippen LogP contribution < -0.4 is 9.64 Å². The molecule has 0 radical (unpaired) electrons. The highest BCUT2D eigenvalue weighted by molar-refractivity contribution is 5.72. The molecule has 0 aromatic heterocycles. The monoisotopic (exact) mass is 445 g/mol. The normalized spacial score (nSPS) is 13.1. The van der Waals surface area contributed by atoms with Crippen LogP contribution in [0.15, 0.2) is 84.9 Å². The average molecular weight is 446 g/mol. The quantitative estimate of drug-likeness (QED) is 0.329. The minimum Gasteiger partial charge on any atom is -0.494 e. The van der Waals surface area contributed by atoms with Crippen molar-refractivity contribution in [2.24, 2.45) is 0 Å². The van der Waals surface area contributed by atoms with Crippen molar-refractivity contribution in [1.29, 1.82) is 0 Å². The van der Waals surface area contributed by atoms with Crippen LogP contribution >= 0.6 is 0 Å². The molecule has 4 nitrogen and oxygen atoms in total. The van der Waals surface area contributed by atoms with Crippen molar-refractivity contribution in [1.82, 2.24) is 0 Å². The Labute approximate surface area is 198 Å². The standard InChI is InChI=1S/C29H35NO3/c1-6-32-26-19-13-16-24(20-26)27(21-28(31)33-29(3,4)5)30(25-17-11-8-12-18-25)22(2)23-14-9-7-10-15-23/h7-20,22,27H,6,21H2,1-5H3/t22-,27+/m1/s1. The summed E-state index contributed by atoms with van der Waals surface area (Å²) >= 11 is 0. The molecule has 2 atom stereocenters. The molecular weight excluding hydrogens is 410 g/mol. The number of ether oxygens (including phenoxy) is 2. The van der Waals surface area contributed by atoms with Gasteiger partial charge in [0.2, 0.25) is 0 Å². The maximum Gasteiger partial charge on any atom is 0.308 e. The molecule has 0 saturated heterocycles. The lowest BCUT2D eigenvalue weighted by Crippen LogP contribution is -2.35. The zero-order chi connectivity index (χ0) is 23.8. The molecule has 0 aliphatic heterocycles. The molecule has 0 aliphatic rings. The lowest BCUT2D eigenvalue weighted by Gasteiger charge is -2.39. The highest BCUT2D eigenvalue weighted by Gasteiger charge is 2.30. The van der Waals surface area contributed by atoms with Crippen LogP contribution in [0.1, 0.15) is 64.3 Å². The number of para-hydroxylation sites is 1. The number of carbonyl (C=O) groups excluding carboxylic acids is 1. The van der Waals surface area contributed by atoms with Crippen LogP contribution in [0.5, 0.6) is 5.75 Å². The van der Waals surface area contributed by atoms with E-state index in [4.69, 9.17) is 9.47 Å². The van der Waals surface area contributed by atoms with E-state index in [1.54, 1.807) is 0 Å². The van der Waals surface area contributed by atoms with E-state index in [0.29, 0.717) is 6.61 Å². The second kappa shape index (κ2) is 11.0. The predicted octanol–water partition coefficient (Wildman–Crippen LogP) is 7.13. The fourth-order valence-electron chi connectivity index (χ4n) is 4.06. The van der Waals surface area contributed by atoms with E-state index < -0.39 is 5.60 Å². The molecule has 0 bridgehead atoms. The highest BCUT2D eigenvalue weighted by Crippen LogP contribution is 2.38. The molecule has 0 aliphatic carbocycles. The number of hydrogen-bond acceptors (Lipinski definition) is 4. The summed E-state index contributed by atoms with van der Waals surface area (Å²) in [5, 5.41) is 0. The molecule has 4 heteroatoms. The fourth-order valence-corrected chi connectivity index (χ4v) is 4.06. The first-order valence-corrected chi connectivity index (χ1v) is 11.6. The van der Waals surface area contributed by atoms with E-state index >= 15 is 0 Å². The lowest BCUT2D eigenvalue weighted by atomic mass is 9.96. The Kier molecular flexibility index (Phi) is 8.16. The summed E-state index contributed by atoms with van der Waals surface area (Å²) in [6.45, 7) is 10.4. The molecule has 0 heterocycles. The Morgan fingerprint density at radius 1 is 0.879 bits per heavy atom. The Balaban J connectivity index is 2.10. The molecule has 3 rings (SSSR count). The first-order valence-electron chi connectivity index (χ1n) is 11.6. The summed E-state index contributed by atoms with van der Waals surface area (Å²) in [5.74, 6) is 0.570. The van der Waals surface area contributed by atoms with Gasteiger partial charge in [0, 0.05) is 5.69 Å². The van der Waals surface area contributed by atoms with Crippen molar-refractivity contribution in [2.45, 2.75) is 58.7 Å². The molecule has 3 aromatic carbocycles. The summed E-state index contributed by atoms with van der Waals surface area (Å²) < 4.78 is 11.5. The first-order chi connectivity index (χ1) is 15.8. The predicted molar refractivity (Wildman–Crippen MR) is 135 cm³/mol. The Morgan fingerprint density at radius 2 is 1.48 bits per heavy atom. The number of carbonyl (C=O) groups is 1.